The van der Waals surface area contributed by atoms with Crippen LogP contribution in [0.2, 0.25) is 0 Å². The van der Waals surface area contributed by atoms with Crippen molar-refractivity contribution in [3.8, 4) is 0 Å². The summed E-state index contributed by atoms with van der Waals surface area (Å²) in [6.45, 7) is 0. The largest absolute Gasteiger partial charge is 0.394 e. The number of nitrogens with two attached hydrogens (primary N) is 2. The maximum Gasteiger partial charge on any atom is 0.199 e. The predicted molar refractivity (Wildman–Crippen MR) is 35.5 cm³/mol. The van der Waals surface area contributed by atoms with Gasteiger partial charge in [0.05, 0.1) is 11.9 Å². The SMILES string of the molecule is Nc1cnn2cnn(N)c12. The lowest BCUT2D eigenvalue weighted by Gasteiger charge is -1.87. The molecule has 0 aromatic carbocycles. The van der Waals surface area contributed by atoms with Gasteiger partial charge in [0.1, 0.15) is 6.33 Å². The van der Waals surface area contributed by atoms with Gasteiger partial charge in [0.25, 0.3) is 0 Å². The minimum absolute atomic E-state index is 0.528. The Morgan fingerprint density at radius 1 is 1.40 bits per heavy atom. The molecule has 2 aromatic heterocycles. The number of nitrogen functional groups attached to an aromatic ring is 2. The number of rotatable bonds is 0. The number of nitrogens with zero attached hydrogens (tertiary/aromatic N) is 4. The highest BCUT2D eigenvalue weighted by atomic mass is 15.5. The third-order valence-corrected chi connectivity index (χ3v) is 1.30. The summed E-state index contributed by atoms with van der Waals surface area (Å²) in [7, 11) is 0. The van der Waals surface area contributed by atoms with Gasteiger partial charge >= 0.3 is 0 Å². The molecular formula is C4H6N6. The molecule has 2 aromatic rings. The summed E-state index contributed by atoms with van der Waals surface area (Å²) in [5.74, 6) is 5.39. The molecule has 0 radical (unpaired) electrons. The predicted octanol–water partition coefficient (Wildman–Crippen LogP) is -1.17. The summed E-state index contributed by atoms with van der Waals surface area (Å²) in [5.41, 5.74) is 6.64. The maximum atomic E-state index is 5.50. The van der Waals surface area contributed by atoms with E-state index >= 15 is 0 Å². The van der Waals surface area contributed by atoms with E-state index in [1.165, 1.54) is 21.8 Å². The normalized spacial score (nSPS) is 10.8. The summed E-state index contributed by atoms with van der Waals surface area (Å²) in [4.78, 5) is 1.18. The highest BCUT2D eigenvalue weighted by Gasteiger charge is 2.03. The fraction of sp³-hybridized carbons (Fsp3) is 0. The van der Waals surface area contributed by atoms with Crippen LogP contribution in [0.1, 0.15) is 0 Å². The molecule has 6 heteroatoms. The van der Waals surface area contributed by atoms with Crippen molar-refractivity contribution in [3.63, 3.8) is 0 Å². The van der Waals surface area contributed by atoms with Crippen LogP contribution >= 0.6 is 0 Å². The monoisotopic (exact) mass is 138 g/mol. The zero-order valence-electron chi connectivity index (χ0n) is 5.10. The van der Waals surface area contributed by atoms with Gasteiger partial charge in [-0.25, -0.2) is 0 Å². The third kappa shape index (κ3) is 0.426. The molecule has 4 N–H and O–H groups in total. The van der Waals surface area contributed by atoms with Crippen LogP contribution in [0.4, 0.5) is 5.69 Å². The minimum Gasteiger partial charge on any atom is -0.394 e. The van der Waals surface area contributed by atoms with Gasteiger partial charge in [0.15, 0.2) is 5.65 Å². The van der Waals surface area contributed by atoms with Crippen molar-refractivity contribution in [2.45, 2.75) is 0 Å². The molecule has 2 heterocycles. The Morgan fingerprint density at radius 3 is 2.90 bits per heavy atom. The summed E-state index contributed by atoms with van der Waals surface area (Å²) in [5, 5.41) is 7.60. The number of fused-ring (bicyclic) bond motifs is 1. The fourth-order valence-corrected chi connectivity index (χ4v) is 0.850. The van der Waals surface area contributed by atoms with Crippen molar-refractivity contribution in [1.82, 2.24) is 19.5 Å². The highest BCUT2D eigenvalue weighted by Crippen LogP contribution is 2.07. The second-order valence-corrected chi connectivity index (χ2v) is 1.94. The van der Waals surface area contributed by atoms with Gasteiger partial charge < -0.3 is 11.6 Å². The molecule has 0 bridgehead atoms. The lowest BCUT2D eigenvalue weighted by molar-refractivity contribution is 0.863. The fourth-order valence-electron chi connectivity index (χ4n) is 0.850. The van der Waals surface area contributed by atoms with Gasteiger partial charge in [-0.2, -0.15) is 14.4 Å². The molecule has 0 aliphatic carbocycles. The van der Waals surface area contributed by atoms with Crippen molar-refractivity contribution in [1.29, 1.82) is 0 Å². The van der Waals surface area contributed by atoms with Gasteiger partial charge in [-0.05, 0) is 0 Å². The van der Waals surface area contributed by atoms with Crippen LogP contribution in [0, 0.1) is 0 Å². The van der Waals surface area contributed by atoms with E-state index in [2.05, 4.69) is 10.2 Å². The second-order valence-electron chi connectivity index (χ2n) is 1.94. The first-order chi connectivity index (χ1) is 4.79. The van der Waals surface area contributed by atoms with Crippen LogP contribution < -0.4 is 11.6 Å². The molecule has 0 unspecified atom stereocenters. The second kappa shape index (κ2) is 1.41. The molecule has 0 fully saturated rings. The van der Waals surface area contributed by atoms with E-state index in [-0.39, 0.29) is 0 Å². The lowest BCUT2D eigenvalue weighted by atomic mass is 10.6. The van der Waals surface area contributed by atoms with Crippen molar-refractivity contribution in [2.24, 2.45) is 0 Å². The topological polar surface area (TPSA) is 87.2 Å². The number of anilines is 1. The molecule has 2 rings (SSSR count). The molecule has 0 spiro atoms. The average Bonchev–Trinajstić information content (AvgIpc) is 2.40. The van der Waals surface area contributed by atoms with Gasteiger partial charge in [0.2, 0.25) is 0 Å². The lowest BCUT2D eigenvalue weighted by Crippen LogP contribution is -2.10. The zero-order valence-corrected chi connectivity index (χ0v) is 5.10. The molecular weight excluding hydrogens is 132 g/mol. The van der Waals surface area contributed by atoms with Crippen molar-refractivity contribution < 1.29 is 0 Å². The summed E-state index contributed by atoms with van der Waals surface area (Å²) >= 11 is 0. The first-order valence-electron chi connectivity index (χ1n) is 2.71. The Balaban J connectivity index is 2.98. The van der Waals surface area contributed by atoms with Crippen molar-refractivity contribution >= 4 is 11.3 Å². The molecule has 52 valence electrons. The third-order valence-electron chi connectivity index (χ3n) is 1.30. The molecule has 0 saturated carbocycles. The number of hydrogen-bond acceptors (Lipinski definition) is 4. The first-order valence-corrected chi connectivity index (χ1v) is 2.71. The molecule has 0 amide bonds. The van der Waals surface area contributed by atoms with E-state index in [9.17, 15) is 0 Å². The van der Waals surface area contributed by atoms with E-state index in [1.807, 2.05) is 0 Å². The Labute approximate surface area is 56.0 Å². The van der Waals surface area contributed by atoms with Crippen molar-refractivity contribution in [2.75, 3.05) is 11.6 Å². The van der Waals surface area contributed by atoms with Gasteiger partial charge in [0, 0.05) is 0 Å². The van der Waals surface area contributed by atoms with Crippen LogP contribution in [0.15, 0.2) is 12.5 Å². The average molecular weight is 138 g/mol. The number of aromatic nitrogens is 4. The molecule has 0 aliphatic heterocycles. The van der Waals surface area contributed by atoms with Crippen LogP contribution in [-0.4, -0.2) is 19.5 Å². The van der Waals surface area contributed by atoms with Crippen molar-refractivity contribution in [3.05, 3.63) is 12.5 Å². The Hall–Kier alpha value is -1.72. The summed E-state index contributed by atoms with van der Waals surface area (Å²) in [6, 6.07) is 0. The van der Waals surface area contributed by atoms with E-state index in [4.69, 9.17) is 11.6 Å². The number of hydrogen-bond donors (Lipinski definition) is 2. The van der Waals surface area contributed by atoms with Gasteiger partial charge in [-0.15, -0.1) is 5.10 Å². The van der Waals surface area contributed by atoms with E-state index in [1.54, 1.807) is 0 Å². The molecule has 0 atom stereocenters. The Kier molecular flexibility index (Phi) is 0.717. The Morgan fingerprint density at radius 2 is 2.20 bits per heavy atom. The van der Waals surface area contributed by atoms with E-state index in [0.29, 0.717) is 11.3 Å². The molecule has 0 saturated heterocycles. The van der Waals surface area contributed by atoms with Crippen LogP contribution in [0.5, 0.6) is 0 Å². The van der Waals surface area contributed by atoms with Gasteiger partial charge in [-0.3, -0.25) is 0 Å². The highest BCUT2D eigenvalue weighted by molar-refractivity contribution is 5.63. The van der Waals surface area contributed by atoms with E-state index in [0.717, 1.165) is 0 Å². The van der Waals surface area contributed by atoms with Crippen LogP contribution in [0.3, 0.4) is 0 Å². The zero-order chi connectivity index (χ0) is 7.14. The minimum atomic E-state index is 0.528. The standard InChI is InChI=1S/C4H6N6/c5-3-1-7-9-2-8-10(6)4(3)9/h1-2H,5-6H2. The smallest absolute Gasteiger partial charge is 0.199 e. The van der Waals surface area contributed by atoms with Crippen LogP contribution in [-0.2, 0) is 0 Å². The molecule has 10 heavy (non-hydrogen) atoms. The van der Waals surface area contributed by atoms with Gasteiger partial charge in [-0.1, -0.05) is 0 Å². The quantitative estimate of drug-likeness (QED) is 0.449. The first kappa shape index (κ1) is 5.10. The molecule has 0 aliphatic rings. The maximum absolute atomic E-state index is 5.50. The van der Waals surface area contributed by atoms with Crippen LogP contribution in [0.25, 0.3) is 5.65 Å². The summed E-state index contributed by atoms with van der Waals surface area (Å²) in [6.07, 6.45) is 3.02. The molecule has 6 nitrogen and oxygen atoms in total. The van der Waals surface area contributed by atoms with E-state index < -0.39 is 0 Å². The Bertz CT molecular complexity index is 325. The summed E-state index contributed by atoms with van der Waals surface area (Å²) < 4.78 is 1.51.